The molecule has 8 atom stereocenters. The molecule has 4 heterocycles. The number of nitro benzene ring substituents is 1. The van der Waals surface area contributed by atoms with E-state index in [1.165, 1.54) is 75.4 Å². The van der Waals surface area contributed by atoms with Crippen LogP contribution in [-0.4, -0.2) is 138 Å². The minimum absolute atomic E-state index is 0. The topological polar surface area (TPSA) is 483 Å². The number of benzene rings is 8. The van der Waals surface area contributed by atoms with Crippen LogP contribution in [0.1, 0.15) is 184 Å². The predicted octanol–water partition coefficient (Wildman–Crippen LogP) is 18.4. The summed E-state index contributed by atoms with van der Waals surface area (Å²) in [4.78, 5) is 130. The number of carbonyl (C=O) groups excluding carboxylic acids is 8. The van der Waals surface area contributed by atoms with Crippen molar-refractivity contribution in [2.45, 2.75) is 198 Å². The van der Waals surface area contributed by atoms with Crippen LogP contribution < -0.4 is 58.7 Å². The van der Waals surface area contributed by atoms with Gasteiger partial charge in [-0.05, 0) is 132 Å². The number of aromatic nitrogens is 4. The number of rotatable bonds is 39. The molecule has 0 aliphatic rings. The second kappa shape index (κ2) is 62.0. The Balaban J connectivity index is 0.000000474. The zero-order chi connectivity index (χ0) is 96.5. The first-order chi connectivity index (χ1) is 64.5. The van der Waals surface area contributed by atoms with Crippen molar-refractivity contribution in [3.8, 4) is 0 Å². The van der Waals surface area contributed by atoms with E-state index in [9.17, 15) is 56.9 Å². The highest BCUT2D eigenvalue weighted by Gasteiger charge is 2.32. The summed E-state index contributed by atoms with van der Waals surface area (Å²) in [7, 11) is 0.648. The second-order valence-corrected chi connectivity index (χ2v) is 35.3. The number of methoxy groups -OCH3 is 4. The summed E-state index contributed by atoms with van der Waals surface area (Å²) in [6.07, 6.45) is 3.52. The number of carbonyl (C=O) groups is 8. The van der Waals surface area contributed by atoms with Gasteiger partial charge < -0.3 is 72.9 Å². The van der Waals surface area contributed by atoms with Gasteiger partial charge in [-0.1, -0.05) is 242 Å². The fourth-order valence-electron chi connectivity index (χ4n) is 13.5. The molecule has 754 valence electrons. The molecule has 12 rings (SSSR count). The maximum absolute atomic E-state index is 13.3. The highest BCUT2D eigenvalue weighted by Crippen LogP contribution is 2.29. The normalized spacial score (nSPS) is 12.1. The van der Waals surface area contributed by atoms with Gasteiger partial charge in [0.15, 0.2) is 0 Å². The molecule has 0 spiro atoms. The average Bonchev–Trinajstić information content (AvgIpc) is 1.69. The Morgan fingerprint density at radius 1 is 0.336 bits per heavy atom. The number of thiazole rings is 4. The maximum Gasteiger partial charge on any atom is 0.407 e. The molecule has 12 aromatic rings. The number of alkyl carbamates (subject to hydrolysis) is 4. The molecule has 0 unspecified atom stereocenters. The van der Waals surface area contributed by atoms with Crippen LogP contribution in [0.15, 0.2) is 240 Å². The molecule has 0 saturated heterocycles. The van der Waals surface area contributed by atoms with Crippen LogP contribution in [0, 0.1) is 10.1 Å². The number of nitro groups is 1. The molecule has 8 aromatic carbocycles. The van der Waals surface area contributed by atoms with E-state index in [1.54, 1.807) is 46.9 Å². The smallest absolute Gasteiger partial charge is 0.407 e. The number of hydrogen-bond donors (Lipinski definition) is 12. The van der Waals surface area contributed by atoms with Gasteiger partial charge in [-0.15, -0.1) is 45.3 Å². The van der Waals surface area contributed by atoms with Crippen molar-refractivity contribution in [1.82, 2.24) is 62.5 Å². The molecular formula is C102H134N16O17S5. The lowest BCUT2D eigenvalue weighted by molar-refractivity contribution is -0.384. The standard InChI is InChI=1S/C24H28N4O6S2.C24H26N4O5S.2C24H28N4O3S.6CH4/c1-3-22-25-21(15-35-22)19(13-17-9-11-18(12-10-17)28-36(31,32)33)26-23(29)20(27-24(30)34-2)14-16-7-5-4-6-8-16;1-3-22-25-21(15-34-22)19(13-17-9-11-18(12-10-17)28(31)32)26-23(29)20(27-24(30)33-2)14-16-7-5-4-6-8-16;2*1-3-22-26-21(15-32-22)19(13-17-9-11-18(25)12-10-17)27-23(29)20(28-24(30)31-2)14-16-7-5-4-6-8-16;;;;;;/h4-12,15,19-20,28H,3,13-14H2,1-2H3,(H,26,29)(H,27,30)(H,31,32,33);4-12,15,19-20H,3,13-14H2,1-2H3,(H,26,29)(H,27,30);2*4-12,15,19-20H,3,13-14,25H2,1-2H3,(H,27,29)(H,28,30);6*1H4/t4*19-,20-;;;;;;/m0000....../s1. The molecule has 0 aliphatic carbocycles. The molecule has 0 bridgehead atoms. The van der Waals surface area contributed by atoms with Crippen molar-refractivity contribution in [1.29, 1.82) is 0 Å². The van der Waals surface area contributed by atoms with Gasteiger partial charge >= 0.3 is 34.7 Å². The van der Waals surface area contributed by atoms with Crippen molar-refractivity contribution in [2.75, 3.05) is 44.6 Å². The Morgan fingerprint density at radius 2 is 0.543 bits per heavy atom. The fraction of sp³-hybridized carbons (Fsp3) is 0.333. The number of aryl methyl sites for hydroxylation is 4. The molecule has 0 aliphatic heterocycles. The number of amides is 8. The summed E-state index contributed by atoms with van der Waals surface area (Å²) >= 11 is 6.14. The SMILES string of the molecule is C.C.C.C.C.C.CCc1nc([C@H](Cc2ccc(N)cc2)NC(=O)[C@H](Cc2ccccc2)NC(=O)OC)cs1.CCc1nc([C@H](Cc2ccc(N)cc2)NC(=O)[C@H](Cc2ccccc2)NC(=O)OC)cs1.CCc1nc([C@H](Cc2ccc(NS(=O)(=O)O)cc2)NC(=O)[C@H](Cc2ccccc2)NC(=O)OC)cs1.CCc1nc([C@H](Cc2ccc([N+](=O)[O-])cc2)NC(=O)[C@H](Cc2ccccc2)NC(=O)OC)cs1. The van der Waals surface area contributed by atoms with Crippen LogP contribution in [0.25, 0.3) is 0 Å². The third-order valence-corrected chi connectivity index (χ3v) is 25.1. The molecular weight excluding hydrogens is 1880 g/mol. The number of anilines is 3. The first-order valence-electron chi connectivity index (χ1n) is 42.8. The van der Waals surface area contributed by atoms with E-state index in [-0.39, 0.29) is 98.6 Å². The van der Waals surface area contributed by atoms with Crippen LogP contribution in [0.5, 0.6) is 0 Å². The van der Waals surface area contributed by atoms with E-state index < -0.39 is 81.8 Å². The van der Waals surface area contributed by atoms with Crippen LogP contribution in [0.2, 0.25) is 0 Å². The third-order valence-electron chi connectivity index (χ3n) is 20.6. The Bertz CT molecular complexity index is 5680. The van der Waals surface area contributed by atoms with Crippen LogP contribution >= 0.6 is 45.3 Å². The molecule has 38 heteroatoms. The van der Waals surface area contributed by atoms with Gasteiger partial charge in [0.1, 0.15) is 24.2 Å². The molecule has 0 fully saturated rings. The fourth-order valence-corrected chi connectivity index (χ4v) is 17.1. The zero-order valence-electron chi connectivity index (χ0n) is 75.1. The molecule has 4 aromatic heterocycles. The van der Waals surface area contributed by atoms with Crippen molar-refractivity contribution in [3.05, 3.63) is 337 Å². The highest BCUT2D eigenvalue weighted by molar-refractivity contribution is 7.87. The predicted molar refractivity (Wildman–Crippen MR) is 559 cm³/mol. The van der Waals surface area contributed by atoms with Gasteiger partial charge in [0.25, 0.3) is 5.69 Å². The van der Waals surface area contributed by atoms with Crippen LogP contribution in [0.3, 0.4) is 0 Å². The largest absolute Gasteiger partial charge is 0.453 e. The second-order valence-electron chi connectivity index (χ2n) is 30.3. The Hall–Kier alpha value is -14.1. The summed E-state index contributed by atoms with van der Waals surface area (Å²) in [5.74, 6) is -1.38. The number of hydrogen-bond acceptors (Lipinski definition) is 26. The minimum Gasteiger partial charge on any atom is -0.453 e. The van der Waals surface area contributed by atoms with E-state index in [2.05, 4.69) is 62.5 Å². The van der Waals surface area contributed by atoms with E-state index in [0.29, 0.717) is 61.3 Å². The van der Waals surface area contributed by atoms with Gasteiger partial charge in [0.05, 0.1) is 106 Å². The highest BCUT2D eigenvalue weighted by atomic mass is 32.2. The van der Waals surface area contributed by atoms with Crippen molar-refractivity contribution in [2.24, 2.45) is 0 Å². The van der Waals surface area contributed by atoms with Crippen molar-refractivity contribution < 1.29 is 75.2 Å². The summed E-state index contributed by atoms with van der Waals surface area (Å²) in [6.45, 7) is 8.09. The van der Waals surface area contributed by atoms with Gasteiger partial charge in [0.2, 0.25) is 23.6 Å². The van der Waals surface area contributed by atoms with Gasteiger partial charge in [-0.2, -0.15) is 8.42 Å². The molecule has 0 radical (unpaired) electrons. The lowest BCUT2D eigenvalue weighted by Crippen LogP contribution is -2.49. The number of nitrogens with one attached hydrogen (secondary N) is 9. The summed E-state index contributed by atoms with van der Waals surface area (Å²) in [5.41, 5.74) is 23.4. The zero-order valence-corrected chi connectivity index (χ0v) is 79.2. The summed E-state index contributed by atoms with van der Waals surface area (Å²) < 4.78 is 51.9. The Kier molecular flexibility index (Phi) is 53.2. The van der Waals surface area contributed by atoms with Crippen LogP contribution in [0.4, 0.5) is 41.9 Å². The maximum atomic E-state index is 13.3. The first-order valence-corrected chi connectivity index (χ1v) is 47.8. The molecule has 8 amide bonds. The average molecular weight is 2020 g/mol. The van der Waals surface area contributed by atoms with Gasteiger partial charge in [-0.25, -0.2) is 39.1 Å². The first kappa shape index (κ1) is 120. The summed E-state index contributed by atoms with van der Waals surface area (Å²) in [6, 6.07) is 60.4. The molecule has 33 nitrogen and oxygen atoms in total. The van der Waals surface area contributed by atoms with Crippen LogP contribution in [-0.2, 0) is 125 Å². The number of ether oxygens (including phenoxy) is 4. The van der Waals surface area contributed by atoms with Gasteiger partial charge in [-0.3, -0.25) is 38.6 Å². The quantitative estimate of drug-likeness (QED) is 0.00560. The number of nitrogen functional groups attached to an aromatic ring is 2. The van der Waals surface area contributed by atoms with Gasteiger partial charge in [0, 0.05) is 70.7 Å². The molecule has 14 N–H and O–H groups in total. The van der Waals surface area contributed by atoms with E-state index in [4.69, 9.17) is 35.0 Å². The van der Waals surface area contributed by atoms with E-state index in [0.717, 1.165) is 102 Å². The monoisotopic (exact) mass is 2010 g/mol. The Morgan fingerprint density at radius 3 is 0.736 bits per heavy atom. The third kappa shape index (κ3) is 40.6. The minimum atomic E-state index is -4.38. The lowest BCUT2D eigenvalue weighted by Gasteiger charge is -2.23. The Labute approximate surface area is 838 Å². The number of non-ortho nitro benzene ring substituents is 1. The van der Waals surface area contributed by atoms with Crippen molar-refractivity contribution >= 4 is 126 Å². The number of nitrogens with zero attached hydrogens (tertiary/aromatic N) is 5. The van der Waals surface area contributed by atoms with Crippen molar-refractivity contribution in [3.63, 3.8) is 0 Å². The lowest BCUT2D eigenvalue weighted by atomic mass is 10.0. The molecule has 140 heavy (non-hydrogen) atoms. The summed E-state index contributed by atoms with van der Waals surface area (Å²) in [5, 5.41) is 45.3. The van der Waals surface area contributed by atoms with E-state index in [1.807, 2.05) is 224 Å². The molecule has 0 saturated carbocycles. The number of nitrogens with two attached hydrogens (primary N) is 2. The van der Waals surface area contributed by atoms with E-state index >= 15 is 0 Å².